The van der Waals surface area contributed by atoms with Crippen LogP contribution in [0, 0.1) is 10.1 Å². The molecule has 0 fully saturated rings. The molecular weight excluding hydrogens is 266 g/mol. The predicted molar refractivity (Wildman–Crippen MR) is 84.5 cm³/mol. The lowest BCUT2D eigenvalue weighted by Gasteiger charge is -2.17. The molecule has 1 aromatic carbocycles. The van der Waals surface area contributed by atoms with Crippen molar-refractivity contribution in [2.75, 3.05) is 6.54 Å². The van der Waals surface area contributed by atoms with Crippen molar-refractivity contribution < 1.29 is 4.92 Å². The van der Waals surface area contributed by atoms with Gasteiger partial charge in [-0.3, -0.25) is 10.1 Å². The summed E-state index contributed by atoms with van der Waals surface area (Å²) in [6.45, 7) is 5.28. The number of nitro groups is 1. The molecule has 21 heavy (non-hydrogen) atoms. The van der Waals surface area contributed by atoms with Crippen molar-refractivity contribution in [2.24, 2.45) is 0 Å². The summed E-state index contributed by atoms with van der Waals surface area (Å²) < 4.78 is 0. The van der Waals surface area contributed by atoms with Crippen molar-refractivity contribution in [3.8, 4) is 0 Å². The number of aromatic nitrogens is 1. The third kappa shape index (κ3) is 3.55. The highest BCUT2D eigenvalue weighted by Gasteiger charge is 2.16. The van der Waals surface area contributed by atoms with E-state index in [-0.39, 0.29) is 10.6 Å². The molecule has 2 aromatic rings. The summed E-state index contributed by atoms with van der Waals surface area (Å²) in [4.78, 5) is 14.9. The molecule has 0 aliphatic rings. The fourth-order valence-electron chi connectivity index (χ4n) is 2.52. The molecule has 5 nitrogen and oxygen atoms in total. The van der Waals surface area contributed by atoms with Gasteiger partial charge in [0.15, 0.2) is 0 Å². The van der Waals surface area contributed by atoms with E-state index in [4.69, 9.17) is 0 Å². The lowest BCUT2D eigenvalue weighted by molar-refractivity contribution is -0.383. The highest BCUT2D eigenvalue weighted by molar-refractivity contribution is 5.89. The van der Waals surface area contributed by atoms with Crippen molar-refractivity contribution in [3.05, 3.63) is 46.1 Å². The molecular formula is C16H21N3O2. The van der Waals surface area contributed by atoms with Crippen LogP contribution in [0.3, 0.4) is 0 Å². The van der Waals surface area contributed by atoms with Crippen LogP contribution in [0.15, 0.2) is 30.5 Å². The maximum absolute atomic E-state index is 11.1. The van der Waals surface area contributed by atoms with E-state index in [1.807, 2.05) is 18.2 Å². The number of hydrogen-bond acceptors (Lipinski definition) is 4. The van der Waals surface area contributed by atoms with E-state index in [0.717, 1.165) is 36.8 Å². The quantitative estimate of drug-likeness (QED) is 0.625. The van der Waals surface area contributed by atoms with Crippen LogP contribution in [0.5, 0.6) is 0 Å². The number of non-ortho nitro benzene ring substituents is 1. The van der Waals surface area contributed by atoms with Crippen LogP contribution < -0.4 is 5.32 Å². The summed E-state index contributed by atoms with van der Waals surface area (Å²) in [5.74, 6) is 0. The van der Waals surface area contributed by atoms with E-state index in [9.17, 15) is 10.1 Å². The second-order valence-corrected chi connectivity index (χ2v) is 5.16. The SMILES string of the molecule is CCCNC(CC)Cc1ccc([N+](=O)[O-])c2ncccc12. The summed E-state index contributed by atoms with van der Waals surface area (Å²) in [5.41, 5.74) is 1.66. The fraction of sp³-hybridized carbons (Fsp3) is 0.438. The minimum atomic E-state index is -0.369. The van der Waals surface area contributed by atoms with Gasteiger partial charge in [-0.05, 0) is 37.4 Å². The third-order valence-electron chi connectivity index (χ3n) is 3.68. The minimum absolute atomic E-state index is 0.0731. The van der Waals surface area contributed by atoms with Crippen molar-refractivity contribution in [1.82, 2.24) is 10.3 Å². The smallest absolute Gasteiger partial charge is 0.295 e. The third-order valence-corrected chi connectivity index (χ3v) is 3.68. The maximum Gasteiger partial charge on any atom is 0.295 e. The monoisotopic (exact) mass is 287 g/mol. The summed E-state index contributed by atoms with van der Waals surface area (Å²) in [6, 6.07) is 7.55. The van der Waals surface area contributed by atoms with E-state index >= 15 is 0 Å². The average molecular weight is 287 g/mol. The van der Waals surface area contributed by atoms with Crippen molar-refractivity contribution in [2.45, 2.75) is 39.2 Å². The predicted octanol–water partition coefficient (Wildman–Crippen LogP) is 3.46. The standard InChI is InChI=1S/C16H21N3O2/c1-3-9-17-13(4-2)11-12-7-8-15(19(20)21)16-14(12)6-5-10-18-16/h5-8,10,13,17H,3-4,9,11H2,1-2H3. The van der Waals surface area contributed by atoms with Crippen LogP contribution in [0.2, 0.25) is 0 Å². The van der Waals surface area contributed by atoms with Gasteiger partial charge in [0, 0.05) is 23.7 Å². The van der Waals surface area contributed by atoms with Gasteiger partial charge in [-0.25, -0.2) is 4.98 Å². The zero-order valence-corrected chi connectivity index (χ0v) is 12.5. The molecule has 0 saturated carbocycles. The molecule has 0 aliphatic carbocycles. The van der Waals surface area contributed by atoms with Crippen LogP contribution >= 0.6 is 0 Å². The highest BCUT2D eigenvalue weighted by atomic mass is 16.6. The molecule has 0 amide bonds. The molecule has 0 bridgehead atoms. The molecule has 0 aliphatic heterocycles. The first-order chi connectivity index (χ1) is 10.2. The van der Waals surface area contributed by atoms with Gasteiger partial charge in [0.2, 0.25) is 0 Å². The highest BCUT2D eigenvalue weighted by Crippen LogP contribution is 2.27. The Morgan fingerprint density at radius 2 is 2.14 bits per heavy atom. The zero-order valence-electron chi connectivity index (χ0n) is 12.5. The summed E-state index contributed by atoms with van der Waals surface area (Å²) in [6.07, 6.45) is 4.58. The number of nitrogens with one attached hydrogen (secondary N) is 1. The van der Waals surface area contributed by atoms with Gasteiger partial charge in [0.05, 0.1) is 4.92 Å². The summed E-state index contributed by atoms with van der Waals surface area (Å²) in [5, 5.41) is 15.5. The number of hydrogen-bond donors (Lipinski definition) is 1. The molecule has 0 saturated heterocycles. The molecule has 2 rings (SSSR count). The number of rotatable bonds is 7. The zero-order chi connectivity index (χ0) is 15.2. The van der Waals surface area contributed by atoms with E-state index < -0.39 is 0 Å². The van der Waals surface area contributed by atoms with Gasteiger partial charge >= 0.3 is 0 Å². The van der Waals surface area contributed by atoms with Gasteiger partial charge in [0.25, 0.3) is 5.69 Å². The van der Waals surface area contributed by atoms with Crippen LogP contribution in [0.1, 0.15) is 32.3 Å². The molecule has 1 atom stereocenters. The molecule has 112 valence electrons. The molecule has 1 unspecified atom stereocenters. The van der Waals surface area contributed by atoms with Crippen molar-refractivity contribution in [3.63, 3.8) is 0 Å². The summed E-state index contributed by atoms with van der Waals surface area (Å²) in [7, 11) is 0. The van der Waals surface area contributed by atoms with E-state index in [2.05, 4.69) is 24.1 Å². The van der Waals surface area contributed by atoms with Gasteiger partial charge in [0.1, 0.15) is 5.52 Å². The number of nitrogens with zero attached hydrogens (tertiary/aromatic N) is 2. The van der Waals surface area contributed by atoms with Crippen LogP contribution in [0.25, 0.3) is 10.9 Å². The van der Waals surface area contributed by atoms with Crippen molar-refractivity contribution in [1.29, 1.82) is 0 Å². The van der Waals surface area contributed by atoms with Crippen LogP contribution in [-0.2, 0) is 6.42 Å². The molecule has 1 aromatic heterocycles. The van der Waals surface area contributed by atoms with E-state index in [1.165, 1.54) is 0 Å². The molecule has 0 radical (unpaired) electrons. The lowest BCUT2D eigenvalue weighted by atomic mass is 9.99. The molecule has 1 heterocycles. The number of fused-ring (bicyclic) bond motifs is 1. The second kappa shape index (κ2) is 7.13. The Morgan fingerprint density at radius 3 is 2.81 bits per heavy atom. The normalized spacial score (nSPS) is 12.5. The number of pyridine rings is 1. The minimum Gasteiger partial charge on any atom is -0.314 e. The maximum atomic E-state index is 11.1. The lowest BCUT2D eigenvalue weighted by Crippen LogP contribution is -2.31. The molecule has 5 heteroatoms. The Morgan fingerprint density at radius 1 is 1.33 bits per heavy atom. The van der Waals surface area contributed by atoms with Gasteiger partial charge in [-0.2, -0.15) is 0 Å². The first-order valence-electron chi connectivity index (χ1n) is 7.41. The van der Waals surface area contributed by atoms with Gasteiger partial charge in [-0.1, -0.05) is 26.0 Å². The number of benzene rings is 1. The molecule has 1 N–H and O–H groups in total. The van der Waals surface area contributed by atoms with E-state index in [1.54, 1.807) is 12.3 Å². The first-order valence-corrected chi connectivity index (χ1v) is 7.41. The van der Waals surface area contributed by atoms with Crippen LogP contribution in [-0.4, -0.2) is 22.5 Å². The summed E-state index contributed by atoms with van der Waals surface area (Å²) >= 11 is 0. The van der Waals surface area contributed by atoms with Gasteiger partial charge < -0.3 is 5.32 Å². The first kappa shape index (κ1) is 15.4. The number of nitro benzene ring substituents is 1. The van der Waals surface area contributed by atoms with E-state index in [0.29, 0.717) is 11.6 Å². The largest absolute Gasteiger partial charge is 0.314 e. The second-order valence-electron chi connectivity index (χ2n) is 5.16. The van der Waals surface area contributed by atoms with Crippen LogP contribution in [0.4, 0.5) is 5.69 Å². The Balaban J connectivity index is 2.36. The topological polar surface area (TPSA) is 68.1 Å². The Labute approximate surface area is 124 Å². The van der Waals surface area contributed by atoms with Crippen molar-refractivity contribution >= 4 is 16.6 Å². The Bertz CT molecular complexity index is 628. The Kier molecular flexibility index (Phi) is 5.22. The average Bonchev–Trinajstić information content (AvgIpc) is 2.51. The van der Waals surface area contributed by atoms with Gasteiger partial charge in [-0.15, -0.1) is 0 Å². The fourth-order valence-corrected chi connectivity index (χ4v) is 2.52. The molecule has 0 spiro atoms. The Hall–Kier alpha value is -2.01.